The highest BCUT2D eigenvalue weighted by Gasteiger charge is 2.62. The lowest BCUT2D eigenvalue weighted by Gasteiger charge is -2.30. The molecule has 0 fully saturated rings. The lowest BCUT2D eigenvalue weighted by atomic mass is 9.84. The van der Waals surface area contributed by atoms with E-state index in [0.29, 0.717) is 10.8 Å². The minimum absolute atomic E-state index is 0.0454. The molecule has 1 N–H and O–H groups in total. The van der Waals surface area contributed by atoms with Gasteiger partial charge in [-0.25, -0.2) is 4.39 Å². The molecule has 1 amide bonds. The number of amides is 1. The fraction of sp³-hybridized carbons (Fsp3) is 0.280. The first-order chi connectivity index (χ1) is 17.2. The van der Waals surface area contributed by atoms with Crippen LogP contribution in [0.4, 0.5) is 30.7 Å². The fourth-order valence-electron chi connectivity index (χ4n) is 4.17. The molecule has 0 aliphatic carbocycles. The molecule has 1 aliphatic heterocycles. The first-order valence-corrected chi connectivity index (χ1v) is 11.3. The highest BCUT2D eigenvalue weighted by atomic mass is 35.5. The Hall–Kier alpha value is -3.34. The largest absolute Gasteiger partial charge is 0.435 e. The van der Waals surface area contributed by atoms with Crippen molar-refractivity contribution in [2.75, 3.05) is 6.54 Å². The van der Waals surface area contributed by atoms with E-state index in [1.165, 1.54) is 25.1 Å². The molecular formula is C25H18ClF7N2O2. The van der Waals surface area contributed by atoms with Crippen molar-refractivity contribution >= 4 is 34.0 Å². The van der Waals surface area contributed by atoms with Gasteiger partial charge in [-0.2, -0.15) is 26.3 Å². The minimum Gasteiger partial charge on any atom is -0.374 e. The molecule has 1 heterocycles. The second-order valence-electron chi connectivity index (χ2n) is 8.55. The first kappa shape index (κ1) is 26.7. The zero-order valence-corrected chi connectivity index (χ0v) is 19.8. The number of rotatable bonds is 5. The number of aryl methyl sites for hydroxylation is 1. The first-order valence-electron chi connectivity index (χ1n) is 10.9. The van der Waals surface area contributed by atoms with Gasteiger partial charge in [-0.3, -0.25) is 4.79 Å². The summed E-state index contributed by atoms with van der Waals surface area (Å²) >= 11 is 5.81. The molecule has 0 aromatic heterocycles. The van der Waals surface area contributed by atoms with Crippen LogP contribution in [0.15, 0.2) is 53.7 Å². The molecule has 0 radical (unpaired) electrons. The second-order valence-corrected chi connectivity index (χ2v) is 8.95. The van der Waals surface area contributed by atoms with E-state index in [0.717, 1.165) is 12.1 Å². The van der Waals surface area contributed by atoms with Crippen molar-refractivity contribution in [3.8, 4) is 0 Å². The van der Waals surface area contributed by atoms with Gasteiger partial charge in [0.1, 0.15) is 5.82 Å². The maximum atomic E-state index is 14.4. The average Bonchev–Trinajstić information content (AvgIpc) is 3.27. The van der Waals surface area contributed by atoms with E-state index in [2.05, 4.69) is 10.5 Å². The predicted molar refractivity (Wildman–Crippen MR) is 123 cm³/mol. The molecule has 0 saturated carbocycles. The molecule has 0 spiro atoms. The Balaban J connectivity index is 1.71. The van der Waals surface area contributed by atoms with Crippen LogP contribution in [0.5, 0.6) is 0 Å². The summed E-state index contributed by atoms with van der Waals surface area (Å²) in [5.41, 5.74) is -3.26. The highest BCUT2D eigenvalue weighted by molar-refractivity contribution is 6.30. The standard InChI is InChI=1S/C25H18ClF7N2O2/c1-13-10-14(11-19(26)21(13)27)23(25(31,32)33)12-20(35-37-23)17-6-7-18(16-5-3-2-4-15(16)17)22(36)34-9-8-24(28,29)30/h2-7,10-11H,8-9,12H2,1H3,(H,34,36). The molecule has 37 heavy (non-hydrogen) atoms. The molecule has 4 rings (SSSR count). The maximum Gasteiger partial charge on any atom is 0.435 e. The van der Waals surface area contributed by atoms with Crippen molar-refractivity contribution < 1.29 is 40.4 Å². The summed E-state index contributed by atoms with van der Waals surface area (Å²) < 4.78 is 94.4. The van der Waals surface area contributed by atoms with E-state index in [9.17, 15) is 35.5 Å². The normalized spacial score (nSPS) is 18.0. The van der Waals surface area contributed by atoms with Crippen molar-refractivity contribution in [1.29, 1.82) is 0 Å². The van der Waals surface area contributed by atoms with E-state index >= 15 is 0 Å². The van der Waals surface area contributed by atoms with Gasteiger partial charge in [0.15, 0.2) is 0 Å². The van der Waals surface area contributed by atoms with Gasteiger partial charge in [-0.05, 0) is 41.5 Å². The van der Waals surface area contributed by atoms with Gasteiger partial charge in [0.05, 0.1) is 17.2 Å². The van der Waals surface area contributed by atoms with Gasteiger partial charge in [-0.1, -0.05) is 47.1 Å². The minimum atomic E-state index is -4.96. The number of oxime groups is 1. The molecule has 0 saturated heterocycles. The van der Waals surface area contributed by atoms with Gasteiger partial charge in [0.25, 0.3) is 11.5 Å². The van der Waals surface area contributed by atoms with Gasteiger partial charge in [0.2, 0.25) is 0 Å². The number of nitrogens with one attached hydrogen (secondary N) is 1. The average molecular weight is 547 g/mol. The Morgan fingerprint density at radius 2 is 1.76 bits per heavy atom. The Morgan fingerprint density at radius 1 is 1.08 bits per heavy atom. The lowest BCUT2D eigenvalue weighted by molar-refractivity contribution is -0.275. The summed E-state index contributed by atoms with van der Waals surface area (Å²) in [6, 6.07) is 10.7. The Morgan fingerprint density at radius 3 is 2.38 bits per heavy atom. The highest BCUT2D eigenvalue weighted by Crippen LogP contribution is 2.50. The number of carbonyl (C=O) groups excluding carboxylic acids is 1. The smallest absolute Gasteiger partial charge is 0.374 e. The summed E-state index contributed by atoms with van der Waals surface area (Å²) in [5.74, 6) is -1.62. The van der Waals surface area contributed by atoms with Gasteiger partial charge < -0.3 is 10.2 Å². The number of benzene rings is 3. The molecule has 1 unspecified atom stereocenters. The Labute approximate surface area is 211 Å². The third-order valence-electron chi connectivity index (χ3n) is 6.04. The van der Waals surface area contributed by atoms with Crippen LogP contribution in [0.1, 0.15) is 39.9 Å². The van der Waals surface area contributed by atoms with Crippen LogP contribution in [0.2, 0.25) is 5.02 Å². The Bertz CT molecular complexity index is 1380. The number of hydrogen-bond acceptors (Lipinski definition) is 3. The fourth-order valence-corrected chi connectivity index (χ4v) is 4.44. The number of nitrogens with zero attached hydrogens (tertiary/aromatic N) is 1. The Kier molecular flexibility index (Phi) is 6.87. The van der Waals surface area contributed by atoms with Crippen molar-refractivity contribution in [2.24, 2.45) is 5.16 Å². The summed E-state index contributed by atoms with van der Waals surface area (Å²) in [6.45, 7) is 0.643. The van der Waals surface area contributed by atoms with Crippen LogP contribution in [-0.4, -0.2) is 30.5 Å². The van der Waals surface area contributed by atoms with Crippen LogP contribution >= 0.6 is 11.6 Å². The quantitative estimate of drug-likeness (QED) is 0.344. The zero-order valence-electron chi connectivity index (χ0n) is 19.0. The summed E-state index contributed by atoms with van der Waals surface area (Å²) in [5, 5.41) is 6.07. The van der Waals surface area contributed by atoms with E-state index < -0.39 is 59.7 Å². The monoisotopic (exact) mass is 546 g/mol. The van der Waals surface area contributed by atoms with Crippen LogP contribution < -0.4 is 5.32 Å². The lowest BCUT2D eigenvalue weighted by Crippen LogP contribution is -2.42. The molecule has 4 nitrogen and oxygen atoms in total. The van der Waals surface area contributed by atoms with Crippen LogP contribution in [0.3, 0.4) is 0 Å². The number of alkyl halides is 6. The molecule has 0 bridgehead atoms. The van der Waals surface area contributed by atoms with Gasteiger partial charge in [0, 0.05) is 29.7 Å². The molecule has 3 aromatic carbocycles. The number of fused-ring (bicyclic) bond motifs is 1. The number of hydrogen-bond donors (Lipinski definition) is 1. The van der Waals surface area contributed by atoms with Gasteiger partial charge >= 0.3 is 12.4 Å². The van der Waals surface area contributed by atoms with Crippen molar-refractivity contribution in [2.45, 2.75) is 37.7 Å². The molecular weight excluding hydrogens is 529 g/mol. The topological polar surface area (TPSA) is 50.7 Å². The summed E-state index contributed by atoms with van der Waals surface area (Å²) in [4.78, 5) is 17.6. The SMILES string of the molecule is Cc1cc(C2(C(F)(F)F)CC(c3ccc(C(=O)NCCC(F)(F)F)c4ccccc34)=NO2)cc(Cl)c1F. The van der Waals surface area contributed by atoms with Gasteiger partial charge in [-0.15, -0.1) is 0 Å². The van der Waals surface area contributed by atoms with E-state index in [1.54, 1.807) is 18.2 Å². The van der Waals surface area contributed by atoms with E-state index in [1.807, 2.05) is 0 Å². The van der Waals surface area contributed by atoms with Crippen molar-refractivity contribution in [1.82, 2.24) is 5.32 Å². The summed E-state index contributed by atoms with van der Waals surface area (Å²) in [7, 11) is 0. The number of halogens is 8. The molecule has 196 valence electrons. The van der Waals surface area contributed by atoms with Crippen LogP contribution in [0, 0.1) is 12.7 Å². The zero-order chi connectivity index (χ0) is 27.2. The number of carbonyl (C=O) groups is 1. The molecule has 12 heteroatoms. The molecule has 1 aliphatic rings. The van der Waals surface area contributed by atoms with Crippen LogP contribution in [-0.2, 0) is 10.4 Å². The summed E-state index contributed by atoms with van der Waals surface area (Å²) in [6.07, 6.45) is -11.4. The van der Waals surface area contributed by atoms with Crippen molar-refractivity contribution in [3.05, 3.63) is 81.6 Å². The third kappa shape index (κ3) is 5.09. The van der Waals surface area contributed by atoms with E-state index in [-0.39, 0.29) is 22.4 Å². The molecule has 3 aromatic rings. The maximum absolute atomic E-state index is 14.4. The molecule has 1 atom stereocenters. The second kappa shape index (κ2) is 9.51. The predicted octanol–water partition coefficient (Wildman–Crippen LogP) is 7.21. The van der Waals surface area contributed by atoms with Crippen molar-refractivity contribution in [3.63, 3.8) is 0 Å². The van der Waals surface area contributed by atoms with E-state index in [4.69, 9.17) is 16.4 Å². The third-order valence-corrected chi connectivity index (χ3v) is 6.31. The van der Waals surface area contributed by atoms with Crippen LogP contribution in [0.25, 0.3) is 10.8 Å².